The van der Waals surface area contributed by atoms with E-state index in [2.05, 4.69) is 10.5 Å². The van der Waals surface area contributed by atoms with Gasteiger partial charge in [-0.3, -0.25) is 10.5 Å². The molecule has 1 heterocycles. The summed E-state index contributed by atoms with van der Waals surface area (Å²) >= 11 is 12.2. The largest absolute Gasteiger partial charge is 0.273 e. The lowest BCUT2D eigenvalue weighted by Gasteiger charge is -2.16. The van der Waals surface area contributed by atoms with Crippen molar-refractivity contribution in [2.45, 2.75) is 19.5 Å². The van der Waals surface area contributed by atoms with Crippen LogP contribution in [-0.4, -0.2) is 9.78 Å². The lowest BCUT2D eigenvalue weighted by Crippen LogP contribution is -2.28. The molecule has 1 atom stereocenters. The quantitative estimate of drug-likeness (QED) is 0.671. The average Bonchev–Trinajstić information content (AvgIpc) is 2.84. The number of aryl methyl sites for hydroxylation is 1. The molecule has 2 rings (SSSR count). The van der Waals surface area contributed by atoms with Crippen LogP contribution in [0.5, 0.6) is 0 Å². The van der Waals surface area contributed by atoms with Crippen LogP contribution in [0, 0.1) is 0 Å². The first-order valence-electron chi connectivity index (χ1n) is 5.59. The number of rotatable bonds is 4. The molecule has 0 aliphatic rings. The van der Waals surface area contributed by atoms with Gasteiger partial charge in [-0.15, -0.1) is 0 Å². The Morgan fingerprint density at radius 2 is 2.22 bits per heavy atom. The molecule has 6 heteroatoms. The van der Waals surface area contributed by atoms with Crippen LogP contribution in [0.4, 0.5) is 0 Å². The number of nitrogens with one attached hydrogen (secondary N) is 1. The van der Waals surface area contributed by atoms with E-state index >= 15 is 0 Å². The number of hydrogen-bond donors (Lipinski definition) is 2. The van der Waals surface area contributed by atoms with E-state index in [1.165, 1.54) is 0 Å². The van der Waals surface area contributed by atoms with E-state index in [0.29, 0.717) is 10.0 Å². The number of aromatic nitrogens is 2. The molecule has 0 radical (unpaired) electrons. The fourth-order valence-corrected chi connectivity index (χ4v) is 2.23. The highest BCUT2D eigenvalue weighted by Crippen LogP contribution is 2.32. The fraction of sp³-hybridized carbons (Fsp3) is 0.250. The van der Waals surface area contributed by atoms with Crippen molar-refractivity contribution in [3.05, 3.63) is 51.8 Å². The van der Waals surface area contributed by atoms with Gasteiger partial charge in [0.05, 0.1) is 22.3 Å². The maximum atomic E-state index is 6.20. The van der Waals surface area contributed by atoms with Crippen LogP contribution in [0.2, 0.25) is 10.0 Å². The van der Waals surface area contributed by atoms with E-state index in [-0.39, 0.29) is 6.04 Å². The first kappa shape index (κ1) is 13.4. The van der Waals surface area contributed by atoms with Gasteiger partial charge in [0.2, 0.25) is 0 Å². The van der Waals surface area contributed by atoms with Gasteiger partial charge in [-0.05, 0) is 18.6 Å². The van der Waals surface area contributed by atoms with Gasteiger partial charge in [0.25, 0.3) is 0 Å². The SMILES string of the molecule is CCn1cc(C(NN)c2cccc(Cl)c2Cl)cn1. The average molecular weight is 285 g/mol. The van der Waals surface area contributed by atoms with Gasteiger partial charge < -0.3 is 0 Å². The number of hydrogen-bond acceptors (Lipinski definition) is 3. The first-order valence-corrected chi connectivity index (χ1v) is 6.35. The summed E-state index contributed by atoms with van der Waals surface area (Å²) in [6, 6.07) is 5.26. The minimum absolute atomic E-state index is 0.225. The molecule has 0 amide bonds. The summed E-state index contributed by atoms with van der Waals surface area (Å²) in [5.41, 5.74) is 4.53. The van der Waals surface area contributed by atoms with Crippen molar-refractivity contribution in [3.63, 3.8) is 0 Å². The summed E-state index contributed by atoms with van der Waals surface area (Å²) < 4.78 is 1.83. The van der Waals surface area contributed by atoms with Crippen molar-refractivity contribution in [2.75, 3.05) is 0 Å². The van der Waals surface area contributed by atoms with E-state index in [1.54, 1.807) is 12.3 Å². The van der Waals surface area contributed by atoms with Crippen molar-refractivity contribution in [1.29, 1.82) is 0 Å². The molecule has 0 bridgehead atoms. The van der Waals surface area contributed by atoms with E-state index < -0.39 is 0 Å². The molecular weight excluding hydrogens is 271 g/mol. The predicted molar refractivity (Wildman–Crippen MR) is 73.5 cm³/mol. The number of hydrazine groups is 1. The molecule has 2 aromatic rings. The Labute approximate surface area is 116 Å². The Morgan fingerprint density at radius 1 is 1.44 bits per heavy atom. The lowest BCUT2D eigenvalue weighted by molar-refractivity contribution is 0.630. The van der Waals surface area contributed by atoms with Crippen molar-refractivity contribution in [3.8, 4) is 0 Å². The Bertz CT molecular complexity index is 539. The molecule has 0 fully saturated rings. The number of halogens is 2. The molecule has 96 valence electrons. The Balaban J connectivity index is 2.41. The summed E-state index contributed by atoms with van der Waals surface area (Å²) in [5, 5.41) is 5.24. The standard InChI is InChI=1S/C12H14Cl2N4/c1-2-18-7-8(6-16-18)12(17-15)9-4-3-5-10(13)11(9)14/h3-7,12,17H,2,15H2,1H3. The summed E-state index contributed by atoms with van der Waals surface area (Å²) in [5.74, 6) is 5.62. The van der Waals surface area contributed by atoms with Gasteiger partial charge in [-0.25, -0.2) is 5.43 Å². The minimum atomic E-state index is -0.225. The molecule has 0 spiro atoms. The van der Waals surface area contributed by atoms with Gasteiger partial charge in [-0.2, -0.15) is 5.10 Å². The highest BCUT2D eigenvalue weighted by molar-refractivity contribution is 6.42. The number of benzene rings is 1. The fourth-order valence-electron chi connectivity index (χ4n) is 1.81. The highest BCUT2D eigenvalue weighted by atomic mass is 35.5. The van der Waals surface area contributed by atoms with Crippen LogP contribution in [0.25, 0.3) is 0 Å². The molecule has 0 saturated heterocycles. The maximum Gasteiger partial charge on any atom is 0.0755 e. The van der Waals surface area contributed by atoms with E-state index in [0.717, 1.165) is 17.7 Å². The zero-order chi connectivity index (χ0) is 13.1. The highest BCUT2D eigenvalue weighted by Gasteiger charge is 2.18. The van der Waals surface area contributed by atoms with Crippen molar-refractivity contribution in [2.24, 2.45) is 5.84 Å². The molecule has 1 aromatic heterocycles. The number of nitrogens with zero attached hydrogens (tertiary/aromatic N) is 2. The molecule has 0 aliphatic carbocycles. The molecule has 1 unspecified atom stereocenters. The summed E-state index contributed by atoms with van der Waals surface area (Å²) in [4.78, 5) is 0. The van der Waals surface area contributed by atoms with E-state index in [9.17, 15) is 0 Å². The maximum absolute atomic E-state index is 6.20. The third-order valence-corrected chi connectivity index (χ3v) is 3.60. The summed E-state index contributed by atoms with van der Waals surface area (Å²) in [6.07, 6.45) is 3.70. The molecule has 3 N–H and O–H groups in total. The zero-order valence-electron chi connectivity index (χ0n) is 9.90. The van der Waals surface area contributed by atoms with Crippen LogP contribution >= 0.6 is 23.2 Å². The van der Waals surface area contributed by atoms with Gasteiger partial charge in [-0.1, -0.05) is 35.3 Å². The second-order valence-electron chi connectivity index (χ2n) is 3.87. The third kappa shape index (κ3) is 2.52. The topological polar surface area (TPSA) is 55.9 Å². The molecular formula is C12H14Cl2N4. The summed E-state index contributed by atoms with van der Waals surface area (Å²) in [6.45, 7) is 2.83. The van der Waals surface area contributed by atoms with Gasteiger partial charge >= 0.3 is 0 Å². The van der Waals surface area contributed by atoms with Crippen LogP contribution in [0.15, 0.2) is 30.6 Å². The van der Waals surface area contributed by atoms with E-state index in [4.69, 9.17) is 29.0 Å². The predicted octanol–water partition coefficient (Wildman–Crippen LogP) is 2.76. The van der Waals surface area contributed by atoms with E-state index in [1.807, 2.05) is 29.9 Å². The van der Waals surface area contributed by atoms with Gasteiger partial charge in [0.15, 0.2) is 0 Å². The third-order valence-electron chi connectivity index (χ3n) is 2.77. The van der Waals surface area contributed by atoms with Gasteiger partial charge in [0, 0.05) is 18.3 Å². The second kappa shape index (κ2) is 5.71. The smallest absolute Gasteiger partial charge is 0.0755 e. The Hall–Kier alpha value is -1.07. The van der Waals surface area contributed by atoms with Crippen molar-refractivity contribution in [1.82, 2.24) is 15.2 Å². The molecule has 0 aliphatic heterocycles. The van der Waals surface area contributed by atoms with Crippen molar-refractivity contribution >= 4 is 23.2 Å². The second-order valence-corrected chi connectivity index (χ2v) is 4.66. The Kier molecular flexibility index (Phi) is 4.24. The first-order chi connectivity index (χ1) is 8.67. The molecule has 0 saturated carbocycles. The molecule has 1 aromatic carbocycles. The monoisotopic (exact) mass is 284 g/mol. The number of nitrogens with two attached hydrogens (primary N) is 1. The van der Waals surface area contributed by atoms with Crippen LogP contribution in [-0.2, 0) is 6.54 Å². The lowest BCUT2D eigenvalue weighted by atomic mass is 10.0. The zero-order valence-corrected chi connectivity index (χ0v) is 11.4. The van der Waals surface area contributed by atoms with Crippen molar-refractivity contribution < 1.29 is 0 Å². The summed E-state index contributed by atoms with van der Waals surface area (Å²) in [7, 11) is 0. The van der Waals surface area contributed by atoms with Crippen LogP contribution in [0.3, 0.4) is 0 Å². The minimum Gasteiger partial charge on any atom is -0.273 e. The Morgan fingerprint density at radius 3 is 2.83 bits per heavy atom. The normalized spacial score (nSPS) is 12.7. The van der Waals surface area contributed by atoms with Crippen LogP contribution in [0.1, 0.15) is 24.1 Å². The van der Waals surface area contributed by atoms with Gasteiger partial charge in [0.1, 0.15) is 0 Å². The molecule has 18 heavy (non-hydrogen) atoms. The van der Waals surface area contributed by atoms with Crippen LogP contribution < -0.4 is 11.3 Å². The molecule has 4 nitrogen and oxygen atoms in total.